The third-order valence-corrected chi connectivity index (χ3v) is 3.49. The van der Waals surface area contributed by atoms with Gasteiger partial charge in [0.1, 0.15) is 24.0 Å². The molecule has 0 saturated carbocycles. The van der Waals surface area contributed by atoms with Gasteiger partial charge in [-0.1, -0.05) is 30.3 Å². The standard InChI is InChI=1S/C19H15F2NO/c20-14-6-9-18(21)17(10-14)16-8-7-15(11-19(16)22)23-12-13-4-2-1-3-5-13/h1-11H,12,22H2. The lowest BCUT2D eigenvalue weighted by atomic mass is 10.0. The number of halogens is 2. The summed E-state index contributed by atoms with van der Waals surface area (Å²) in [5.41, 5.74) is 7.91. The van der Waals surface area contributed by atoms with E-state index < -0.39 is 11.6 Å². The Hall–Kier alpha value is -2.88. The minimum absolute atomic E-state index is 0.136. The zero-order valence-corrected chi connectivity index (χ0v) is 12.3. The molecule has 0 aromatic heterocycles. The van der Waals surface area contributed by atoms with E-state index in [0.717, 1.165) is 23.8 Å². The molecule has 0 radical (unpaired) electrons. The lowest BCUT2D eigenvalue weighted by Gasteiger charge is -2.11. The van der Waals surface area contributed by atoms with Crippen LogP contribution in [0.25, 0.3) is 11.1 Å². The van der Waals surface area contributed by atoms with Crippen LogP contribution in [0.3, 0.4) is 0 Å². The number of rotatable bonds is 4. The smallest absolute Gasteiger partial charge is 0.131 e. The molecule has 0 aliphatic heterocycles. The molecule has 0 saturated heterocycles. The highest BCUT2D eigenvalue weighted by molar-refractivity contribution is 5.77. The Bertz CT molecular complexity index is 819. The third kappa shape index (κ3) is 3.48. The Kier molecular flexibility index (Phi) is 4.24. The van der Waals surface area contributed by atoms with Gasteiger partial charge >= 0.3 is 0 Å². The first kappa shape index (κ1) is 15.0. The van der Waals surface area contributed by atoms with Crippen LogP contribution in [0.15, 0.2) is 66.7 Å². The Labute approximate surface area is 133 Å². The molecule has 2 N–H and O–H groups in total. The number of ether oxygens (including phenoxy) is 1. The lowest BCUT2D eigenvalue weighted by Crippen LogP contribution is -1.98. The summed E-state index contributed by atoms with van der Waals surface area (Å²) in [5, 5.41) is 0. The second kappa shape index (κ2) is 6.48. The summed E-state index contributed by atoms with van der Waals surface area (Å²) in [6, 6.07) is 18.0. The van der Waals surface area contributed by atoms with Gasteiger partial charge in [-0.2, -0.15) is 0 Å². The molecule has 0 unspecified atom stereocenters. The molecule has 3 aromatic carbocycles. The largest absolute Gasteiger partial charge is 0.489 e. The van der Waals surface area contributed by atoms with Crippen molar-refractivity contribution in [1.29, 1.82) is 0 Å². The van der Waals surface area contributed by atoms with Gasteiger partial charge in [0.05, 0.1) is 0 Å². The number of hydrogen-bond donors (Lipinski definition) is 1. The molecule has 3 aromatic rings. The molecule has 0 amide bonds. The fourth-order valence-corrected chi connectivity index (χ4v) is 2.32. The molecule has 116 valence electrons. The van der Waals surface area contributed by atoms with Gasteiger partial charge < -0.3 is 10.5 Å². The molecule has 0 heterocycles. The molecule has 4 heteroatoms. The van der Waals surface area contributed by atoms with E-state index in [1.54, 1.807) is 18.2 Å². The highest BCUT2D eigenvalue weighted by Crippen LogP contribution is 2.31. The van der Waals surface area contributed by atoms with Crippen molar-refractivity contribution in [3.63, 3.8) is 0 Å². The maximum Gasteiger partial charge on any atom is 0.131 e. The number of benzene rings is 3. The van der Waals surface area contributed by atoms with E-state index in [9.17, 15) is 8.78 Å². The molecule has 0 bridgehead atoms. The summed E-state index contributed by atoms with van der Waals surface area (Å²) in [7, 11) is 0. The third-order valence-electron chi connectivity index (χ3n) is 3.49. The molecular weight excluding hydrogens is 296 g/mol. The van der Waals surface area contributed by atoms with Crippen LogP contribution in [0.4, 0.5) is 14.5 Å². The van der Waals surface area contributed by atoms with Crippen molar-refractivity contribution in [1.82, 2.24) is 0 Å². The SMILES string of the molecule is Nc1cc(OCc2ccccc2)ccc1-c1cc(F)ccc1F. The second-order valence-corrected chi connectivity index (χ2v) is 5.15. The minimum atomic E-state index is -0.518. The normalized spacial score (nSPS) is 10.5. The van der Waals surface area contributed by atoms with Gasteiger partial charge in [-0.3, -0.25) is 0 Å². The molecule has 0 atom stereocenters. The van der Waals surface area contributed by atoms with Crippen molar-refractivity contribution >= 4 is 5.69 Å². The van der Waals surface area contributed by atoms with Gasteiger partial charge in [-0.15, -0.1) is 0 Å². The second-order valence-electron chi connectivity index (χ2n) is 5.15. The number of nitrogens with two attached hydrogens (primary N) is 1. The van der Waals surface area contributed by atoms with E-state index in [1.165, 1.54) is 0 Å². The predicted octanol–water partition coefficient (Wildman–Crippen LogP) is 4.79. The average Bonchev–Trinajstić information content (AvgIpc) is 2.56. The summed E-state index contributed by atoms with van der Waals surface area (Å²) >= 11 is 0. The quantitative estimate of drug-likeness (QED) is 0.703. The fourth-order valence-electron chi connectivity index (χ4n) is 2.32. The van der Waals surface area contributed by atoms with Crippen LogP contribution in [-0.4, -0.2) is 0 Å². The molecule has 2 nitrogen and oxygen atoms in total. The highest BCUT2D eigenvalue weighted by atomic mass is 19.1. The Balaban J connectivity index is 1.82. The van der Waals surface area contributed by atoms with Crippen molar-refractivity contribution in [2.45, 2.75) is 6.61 Å². The minimum Gasteiger partial charge on any atom is -0.489 e. The Morgan fingerprint density at radius 1 is 0.826 bits per heavy atom. The zero-order valence-electron chi connectivity index (χ0n) is 12.3. The van der Waals surface area contributed by atoms with Crippen LogP contribution >= 0.6 is 0 Å². The van der Waals surface area contributed by atoms with Gasteiger partial charge in [-0.25, -0.2) is 8.78 Å². The number of anilines is 1. The van der Waals surface area contributed by atoms with Crippen LogP contribution in [-0.2, 0) is 6.61 Å². The van der Waals surface area contributed by atoms with Crippen LogP contribution < -0.4 is 10.5 Å². The molecule has 0 fully saturated rings. The van der Waals surface area contributed by atoms with E-state index in [4.69, 9.17) is 10.5 Å². The summed E-state index contributed by atoms with van der Waals surface area (Å²) in [6.45, 7) is 0.411. The maximum atomic E-state index is 13.9. The molecule has 0 spiro atoms. The molecular formula is C19H15F2NO. The highest BCUT2D eigenvalue weighted by Gasteiger charge is 2.10. The zero-order chi connectivity index (χ0) is 16.2. The van der Waals surface area contributed by atoms with Crippen molar-refractivity contribution < 1.29 is 13.5 Å². The summed E-state index contributed by atoms with van der Waals surface area (Å²) in [6.07, 6.45) is 0. The lowest BCUT2D eigenvalue weighted by molar-refractivity contribution is 0.306. The van der Waals surface area contributed by atoms with Gasteiger partial charge in [0.25, 0.3) is 0 Å². The summed E-state index contributed by atoms with van der Waals surface area (Å²) in [4.78, 5) is 0. The van der Waals surface area contributed by atoms with Gasteiger partial charge in [0.15, 0.2) is 0 Å². The maximum absolute atomic E-state index is 13.9. The van der Waals surface area contributed by atoms with Crippen molar-refractivity contribution in [2.75, 3.05) is 5.73 Å². The number of hydrogen-bond acceptors (Lipinski definition) is 2. The van der Waals surface area contributed by atoms with E-state index in [-0.39, 0.29) is 5.56 Å². The summed E-state index contributed by atoms with van der Waals surface area (Å²) < 4.78 is 32.8. The van der Waals surface area contributed by atoms with Crippen LogP contribution in [0.1, 0.15) is 5.56 Å². The monoisotopic (exact) mass is 311 g/mol. The van der Waals surface area contributed by atoms with E-state index >= 15 is 0 Å². The average molecular weight is 311 g/mol. The van der Waals surface area contributed by atoms with E-state index in [0.29, 0.717) is 23.6 Å². The van der Waals surface area contributed by atoms with Crippen LogP contribution in [0, 0.1) is 11.6 Å². The van der Waals surface area contributed by atoms with Crippen LogP contribution in [0.5, 0.6) is 5.75 Å². The van der Waals surface area contributed by atoms with Gasteiger partial charge in [-0.05, 0) is 35.9 Å². The first-order chi connectivity index (χ1) is 11.1. The van der Waals surface area contributed by atoms with E-state index in [2.05, 4.69) is 0 Å². The Morgan fingerprint density at radius 2 is 1.61 bits per heavy atom. The van der Waals surface area contributed by atoms with Crippen LogP contribution in [0.2, 0.25) is 0 Å². The first-order valence-electron chi connectivity index (χ1n) is 7.15. The molecule has 3 rings (SSSR count). The first-order valence-corrected chi connectivity index (χ1v) is 7.15. The van der Waals surface area contributed by atoms with Gasteiger partial charge in [0, 0.05) is 22.9 Å². The van der Waals surface area contributed by atoms with Gasteiger partial charge in [0.2, 0.25) is 0 Å². The molecule has 0 aliphatic carbocycles. The van der Waals surface area contributed by atoms with Crippen molar-refractivity contribution in [3.05, 3.63) is 83.9 Å². The fraction of sp³-hybridized carbons (Fsp3) is 0.0526. The predicted molar refractivity (Wildman–Crippen MR) is 87.0 cm³/mol. The molecule has 23 heavy (non-hydrogen) atoms. The topological polar surface area (TPSA) is 35.2 Å². The Morgan fingerprint density at radius 3 is 2.35 bits per heavy atom. The number of nitrogen functional groups attached to an aromatic ring is 1. The van der Waals surface area contributed by atoms with E-state index in [1.807, 2.05) is 30.3 Å². The molecule has 0 aliphatic rings. The summed E-state index contributed by atoms with van der Waals surface area (Å²) in [5.74, 6) is -0.451. The van der Waals surface area contributed by atoms with Crippen molar-refractivity contribution in [2.24, 2.45) is 0 Å². The van der Waals surface area contributed by atoms with Crippen molar-refractivity contribution in [3.8, 4) is 16.9 Å².